The number of hydrogen-bond acceptors (Lipinski definition) is 8. The maximum atomic E-state index is 13.7. The Morgan fingerprint density at radius 3 is 2.62 bits per heavy atom. The number of nitrogens with zero attached hydrogens (tertiary/aromatic N) is 4. The summed E-state index contributed by atoms with van der Waals surface area (Å²) >= 11 is 0. The number of nitrogens with two attached hydrogens (primary N) is 1. The summed E-state index contributed by atoms with van der Waals surface area (Å²) in [6, 6.07) is 8.81. The quantitative estimate of drug-likeness (QED) is 0.267. The molecule has 11 heteroatoms. The third kappa shape index (κ3) is 7.84. The molecule has 39 heavy (non-hydrogen) atoms. The van der Waals surface area contributed by atoms with Gasteiger partial charge in [-0.25, -0.2) is 9.97 Å². The number of H-pyrrole nitrogens is 1. The van der Waals surface area contributed by atoms with Gasteiger partial charge in [0, 0.05) is 19.0 Å². The Morgan fingerprint density at radius 2 is 1.95 bits per heavy atom. The van der Waals surface area contributed by atoms with Gasteiger partial charge in [0.15, 0.2) is 6.04 Å². The number of ether oxygens (including phenoxy) is 2. The van der Waals surface area contributed by atoms with Crippen LogP contribution in [0.5, 0.6) is 0 Å². The van der Waals surface area contributed by atoms with Crippen LogP contribution < -0.4 is 11.1 Å². The van der Waals surface area contributed by atoms with E-state index >= 15 is 0 Å². The number of hydrogen-bond donors (Lipinski definition) is 3. The molecule has 0 spiro atoms. The zero-order valence-corrected chi connectivity index (χ0v) is 22.5. The van der Waals surface area contributed by atoms with Crippen LogP contribution in [-0.4, -0.2) is 69.1 Å². The van der Waals surface area contributed by atoms with E-state index in [9.17, 15) is 9.59 Å². The minimum absolute atomic E-state index is 0.0474. The molecule has 0 aliphatic heterocycles. The highest BCUT2D eigenvalue weighted by Gasteiger charge is 2.34. The Morgan fingerprint density at radius 1 is 1.15 bits per heavy atom. The molecule has 0 saturated heterocycles. The molecule has 208 valence electrons. The fraction of sp³-hybridized carbons (Fsp3) is 0.464. The van der Waals surface area contributed by atoms with Gasteiger partial charge in [-0.2, -0.15) is 0 Å². The molecule has 1 saturated carbocycles. The average molecular weight is 536 g/mol. The Kier molecular flexibility index (Phi) is 9.98. The van der Waals surface area contributed by atoms with Gasteiger partial charge in [-0.05, 0) is 24.8 Å². The molecule has 2 amide bonds. The Balaban J connectivity index is 1.51. The second kappa shape index (κ2) is 13.8. The summed E-state index contributed by atoms with van der Waals surface area (Å²) in [4.78, 5) is 44.7. The van der Waals surface area contributed by atoms with E-state index in [2.05, 4.69) is 25.3 Å². The summed E-state index contributed by atoms with van der Waals surface area (Å²) in [5.41, 5.74) is 7.39. The second-order valence-electron chi connectivity index (χ2n) is 9.86. The highest BCUT2D eigenvalue weighted by molar-refractivity contribution is 5.96. The summed E-state index contributed by atoms with van der Waals surface area (Å²) in [7, 11) is 0. The highest BCUT2D eigenvalue weighted by atomic mass is 16.5. The van der Waals surface area contributed by atoms with Gasteiger partial charge in [0.1, 0.15) is 17.3 Å². The summed E-state index contributed by atoms with van der Waals surface area (Å²) < 4.78 is 11.7. The fourth-order valence-corrected chi connectivity index (χ4v) is 4.18. The number of aromatic amines is 1. The van der Waals surface area contributed by atoms with Crippen LogP contribution in [0.15, 0.2) is 48.9 Å². The SMILES string of the molecule is CC(C)c1ncc(C(C(=O)NCCOCc2ccccc2)N(CCOC2CCC2)C(=O)c2cncc(N)n2)[nH]1. The van der Waals surface area contributed by atoms with Crippen LogP contribution in [0.1, 0.15) is 72.6 Å². The van der Waals surface area contributed by atoms with E-state index in [1.165, 1.54) is 17.3 Å². The minimum Gasteiger partial charge on any atom is -0.382 e. The molecule has 1 fully saturated rings. The first kappa shape index (κ1) is 28.2. The van der Waals surface area contributed by atoms with Crippen molar-refractivity contribution in [3.05, 3.63) is 71.7 Å². The van der Waals surface area contributed by atoms with Gasteiger partial charge in [-0.1, -0.05) is 44.2 Å². The molecule has 4 N–H and O–H groups in total. The molecule has 1 aliphatic carbocycles. The van der Waals surface area contributed by atoms with Crippen LogP contribution in [-0.2, 0) is 20.9 Å². The van der Waals surface area contributed by atoms with Gasteiger partial charge in [0.25, 0.3) is 5.91 Å². The molecule has 1 aromatic carbocycles. The smallest absolute Gasteiger partial charge is 0.275 e. The van der Waals surface area contributed by atoms with Crippen molar-refractivity contribution in [3.63, 3.8) is 0 Å². The van der Waals surface area contributed by atoms with E-state index in [0.29, 0.717) is 18.9 Å². The van der Waals surface area contributed by atoms with Gasteiger partial charge in [-0.3, -0.25) is 14.6 Å². The first-order chi connectivity index (χ1) is 18.9. The number of carbonyl (C=O) groups is 2. The molecule has 1 unspecified atom stereocenters. The molecule has 4 rings (SSSR count). The van der Waals surface area contributed by atoms with E-state index in [-0.39, 0.29) is 49.1 Å². The number of anilines is 1. The molecule has 2 heterocycles. The van der Waals surface area contributed by atoms with Crippen molar-refractivity contribution >= 4 is 17.6 Å². The average Bonchev–Trinajstić information content (AvgIpc) is 3.39. The number of benzene rings is 1. The molecule has 0 bridgehead atoms. The van der Waals surface area contributed by atoms with Crippen molar-refractivity contribution < 1.29 is 19.1 Å². The molecular weight excluding hydrogens is 498 g/mol. The van der Waals surface area contributed by atoms with E-state index in [4.69, 9.17) is 15.2 Å². The van der Waals surface area contributed by atoms with Gasteiger partial charge in [-0.15, -0.1) is 0 Å². The van der Waals surface area contributed by atoms with Crippen molar-refractivity contribution in [2.24, 2.45) is 0 Å². The van der Waals surface area contributed by atoms with Gasteiger partial charge < -0.3 is 30.4 Å². The minimum atomic E-state index is -1.00. The topological polar surface area (TPSA) is 148 Å². The van der Waals surface area contributed by atoms with E-state index in [1.54, 1.807) is 6.20 Å². The lowest BCUT2D eigenvalue weighted by Gasteiger charge is -2.32. The first-order valence-corrected chi connectivity index (χ1v) is 13.4. The number of aromatic nitrogens is 4. The molecule has 0 radical (unpaired) electrons. The lowest BCUT2D eigenvalue weighted by molar-refractivity contribution is -0.126. The van der Waals surface area contributed by atoms with Crippen LogP contribution >= 0.6 is 0 Å². The Bertz CT molecular complexity index is 1210. The zero-order chi connectivity index (χ0) is 27.6. The second-order valence-corrected chi connectivity index (χ2v) is 9.86. The third-order valence-electron chi connectivity index (χ3n) is 6.54. The van der Waals surface area contributed by atoms with Crippen LogP contribution in [0.2, 0.25) is 0 Å². The number of rotatable bonds is 14. The lowest BCUT2D eigenvalue weighted by atomic mass is 9.96. The van der Waals surface area contributed by atoms with Crippen LogP contribution in [0, 0.1) is 0 Å². The summed E-state index contributed by atoms with van der Waals surface area (Å²) in [6.45, 7) is 5.47. The largest absolute Gasteiger partial charge is 0.382 e. The predicted octanol–water partition coefficient (Wildman–Crippen LogP) is 2.99. The number of nitrogens with one attached hydrogen (secondary N) is 2. The molecule has 1 atom stereocenters. The predicted molar refractivity (Wildman–Crippen MR) is 146 cm³/mol. The number of amides is 2. The summed E-state index contributed by atoms with van der Waals surface area (Å²) in [5, 5.41) is 2.92. The standard InChI is InChI=1S/C28H37N7O4/c1-19(2)26-32-16-22(34-26)25(27(36)31-11-13-38-18-20-7-4-3-5-8-20)35(12-14-39-21-9-6-10-21)28(37)23-15-30-17-24(29)33-23/h3-5,7-8,15-17,19,21,25H,6,9-14,18H2,1-2H3,(H2,29,33)(H,31,36)(H,32,34). The molecule has 2 aromatic heterocycles. The maximum Gasteiger partial charge on any atom is 0.275 e. The fourth-order valence-electron chi connectivity index (χ4n) is 4.18. The highest BCUT2D eigenvalue weighted by Crippen LogP contribution is 2.25. The van der Waals surface area contributed by atoms with Crippen LogP contribution in [0.4, 0.5) is 5.82 Å². The number of imidazole rings is 1. The van der Waals surface area contributed by atoms with Gasteiger partial charge >= 0.3 is 0 Å². The first-order valence-electron chi connectivity index (χ1n) is 13.4. The normalized spacial score (nSPS) is 14.1. The van der Waals surface area contributed by atoms with E-state index < -0.39 is 11.9 Å². The molecule has 11 nitrogen and oxygen atoms in total. The summed E-state index contributed by atoms with van der Waals surface area (Å²) in [6.07, 6.45) is 7.63. The monoisotopic (exact) mass is 535 g/mol. The molecular formula is C28H37N7O4. The summed E-state index contributed by atoms with van der Waals surface area (Å²) in [5.74, 6) is 0.0987. The maximum absolute atomic E-state index is 13.7. The lowest BCUT2D eigenvalue weighted by Crippen LogP contribution is -2.46. The zero-order valence-electron chi connectivity index (χ0n) is 22.5. The van der Waals surface area contributed by atoms with Crippen LogP contribution in [0.25, 0.3) is 0 Å². The van der Waals surface area contributed by atoms with Crippen molar-refractivity contribution in [3.8, 4) is 0 Å². The third-order valence-corrected chi connectivity index (χ3v) is 6.54. The van der Waals surface area contributed by atoms with Gasteiger partial charge in [0.05, 0.1) is 50.2 Å². The van der Waals surface area contributed by atoms with E-state index in [0.717, 1.165) is 30.7 Å². The number of carbonyl (C=O) groups excluding carboxylic acids is 2. The Labute approximate surface area is 228 Å². The van der Waals surface area contributed by atoms with Crippen molar-refractivity contribution in [2.75, 3.05) is 32.0 Å². The van der Waals surface area contributed by atoms with Crippen molar-refractivity contribution in [2.45, 2.75) is 57.8 Å². The van der Waals surface area contributed by atoms with Gasteiger partial charge in [0.2, 0.25) is 5.91 Å². The number of nitrogen functional groups attached to an aromatic ring is 1. The Hall–Kier alpha value is -3.83. The van der Waals surface area contributed by atoms with E-state index in [1.807, 2.05) is 44.2 Å². The van der Waals surface area contributed by atoms with Crippen molar-refractivity contribution in [1.29, 1.82) is 0 Å². The molecule has 3 aromatic rings. The molecule has 1 aliphatic rings. The van der Waals surface area contributed by atoms with Crippen molar-refractivity contribution in [1.82, 2.24) is 30.2 Å². The van der Waals surface area contributed by atoms with Crippen LogP contribution in [0.3, 0.4) is 0 Å².